The van der Waals surface area contributed by atoms with Crippen molar-refractivity contribution in [1.29, 1.82) is 0 Å². The fourth-order valence-corrected chi connectivity index (χ4v) is 2.80. The number of hydrogen-bond acceptors (Lipinski definition) is 2. The van der Waals surface area contributed by atoms with Crippen LogP contribution in [0.1, 0.15) is 43.5 Å². The van der Waals surface area contributed by atoms with Crippen molar-refractivity contribution >= 4 is 5.91 Å². The van der Waals surface area contributed by atoms with Crippen molar-refractivity contribution in [3.05, 3.63) is 29.1 Å². The van der Waals surface area contributed by atoms with Gasteiger partial charge in [0.15, 0.2) is 0 Å². The third-order valence-corrected chi connectivity index (χ3v) is 4.27. The SMILES string of the molecule is CC1(C)C[C@H]1C(=O)NCc1cnc2c(c1)CCC2. The molecule has 2 aliphatic carbocycles. The Labute approximate surface area is 108 Å². The first-order valence-corrected chi connectivity index (χ1v) is 6.81. The van der Waals surface area contributed by atoms with E-state index in [-0.39, 0.29) is 17.2 Å². The van der Waals surface area contributed by atoms with Crippen LogP contribution >= 0.6 is 0 Å². The lowest BCUT2D eigenvalue weighted by Crippen LogP contribution is -2.26. The standard InChI is InChI=1S/C15H20N2O/c1-15(2)7-12(15)14(18)17-9-10-6-11-4-3-5-13(11)16-8-10/h6,8,12H,3-5,7,9H2,1-2H3,(H,17,18)/t12-/m0/s1. The van der Waals surface area contributed by atoms with Crippen LogP contribution in [-0.2, 0) is 24.2 Å². The van der Waals surface area contributed by atoms with Gasteiger partial charge in [-0.25, -0.2) is 0 Å². The van der Waals surface area contributed by atoms with Crippen LogP contribution in [0.5, 0.6) is 0 Å². The highest BCUT2D eigenvalue weighted by Gasteiger charge is 2.50. The Bertz CT molecular complexity index is 493. The highest BCUT2D eigenvalue weighted by molar-refractivity contribution is 5.82. The molecule has 1 fully saturated rings. The summed E-state index contributed by atoms with van der Waals surface area (Å²) < 4.78 is 0. The van der Waals surface area contributed by atoms with Gasteiger partial charge >= 0.3 is 0 Å². The van der Waals surface area contributed by atoms with Crippen molar-refractivity contribution in [2.45, 2.75) is 46.1 Å². The van der Waals surface area contributed by atoms with E-state index in [0.29, 0.717) is 6.54 Å². The number of hydrogen-bond donors (Lipinski definition) is 1. The molecular formula is C15H20N2O. The second-order valence-electron chi connectivity index (χ2n) is 6.27. The van der Waals surface area contributed by atoms with Gasteiger partial charge in [0.1, 0.15) is 0 Å². The maximum atomic E-state index is 11.9. The molecule has 1 heterocycles. The van der Waals surface area contributed by atoms with Gasteiger partial charge in [0.2, 0.25) is 5.91 Å². The van der Waals surface area contributed by atoms with E-state index in [4.69, 9.17) is 0 Å². The maximum Gasteiger partial charge on any atom is 0.223 e. The molecule has 0 unspecified atom stereocenters. The maximum absolute atomic E-state index is 11.9. The fraction of sp³-hybridized carbons (Fsp3) is 0.600. The van der Waals surface area contributed by atoms with Gasteiger partial charge in [0.25, 0.3) is 0 Å². The van der Waals surface area contributed by atoms with E-state index in [1.807, 2.05) is 6.20 Å². The van der Waals surface area contributed by atoms with E-state index in [0.717, 1.165) is 24.8 Å². The minimum atomic E-state index is 0.195. The van der Waals surface area contributed by atoms with Gasteiger partial charge in [0, 0.05) is 24.4 Å². The monoisotopic (exact) mass is 244 g/mol. The predicted octanol–water partition coefficient (Wildman–Crippen LogP) is 2.23. The first kappa shape index (κ1) is 11.7. The molecule has 0 spiro atoms. The van der Waals surface area contributed by atoms with E-state index < -0.39 is 0 Å². The minimum absolute atomic E-state index is 0.195. The number of amides is 1. The van der Waals surface area contributed by atoms with E-state index in [1.165, 1.54) is 17.7 Å². The molecule has 3 heteroatoms. The minimum Gasteiger partial charge on any atom is -0.352 e. The van der Waals surface area contributed by atoms with Crippen LogP contribution in [0, 0.1) is 11.3 Å². The second kappa shape index (κ2) is 4.08. The Balaban J connectivity index is 1.59. The van der Waals surface area contributed by atoms with Crippen LogP contribution in [-0.4, -0.2) is 10.9 Å². The Morgan fingerprint density at radius 3 is 3.00 bits per heavy atom. The normalized spacial score (nSPS) is 23.6. The molecule has 1 amide bonds. The van der Waals surface area contributed by atoms with Crippen molar-refractivity contribution in [2.75, 3.05) is 0 Å². The molecule has 96 valence electrons. The van der Waals surface area contributed by atoms with E-state index in [9.17, 15) is 4.79 Å². The summed E-state index contributed by atoms with van der Waals surface area (Å²) in [5, 5.41) is 3.03. The zero-order valence-corrected chi connectivity index (χ0v) is 11.1. The van der Waals surface area contributed by atoms with Crippen molar-refractivity contribution in [1.82, 2.24) is 10.3 Å². The van der Waals surface area contributed by atoms with Crippen LogP contribution in [0.25, 0.3) is 0 Å². The number of aromatic nitrogens is 1. The number of nitrogens with one attached hydrogen (secondary N) is 1. The lowest BCUT2D eigenvalue weighted by molar-refractivity contribution is -0.123. The quantitative estimate of drug-likeness (QED) is 0.886. The smallest absolute Gasteiger partial charge is 0.223 e. The zero-order chi connectivity index (χ0) is 12.8. The molecule has 1 saturated carbocycles. The summed E-state index contributed by atoms with van der Waals surface area (Å²) in [7, 11) is 0. The predicted molar refractivity (Wildman–Crippen MR) is 70.0 cm³/mol. The molecule has 2 aliphatic rings. The number of nitrogens with zero attached hydrogens (tertiary/aromatic N) is 1. The molecule has 18 heavy (non-hydrogen) atoms. The van der Waals surface area contributed by atoms with Gasteiger partial charge < -0.3 is 5.32 Å². The third-order valence-electron chi connectivity index (χ3n) is 4.27. The average molecular weight is 244 g/mol. The molecule has 3 rings (SSSR count). The lowest BCUT2D eigenvalue weighted by Gasteiger charge is -2.07. The van der Waals surface area contributed by atoms with Crippen LogP contribution in [0.4, 0.5) is 0 Å². The summed E-state index contributed by atoms with van der Waals surface area (Å²) in [5.41, 5.74) is 3.95. The van der Waals surface area contributed by atoms with Crippen LogP contribution in [0.2, 0.25) is 0 Å². The number of aryl methyl sites for hydroxylation is 2. The van der Waals surface area contributed by atoms with E-state index in [2.05, 4.69) is 30.2 Å². The van der Waals surface area contributed by atoms with Crippen molar-refractivity contribution < 1.29 is 4.79 Å². The molecule has 0 aliphatic heterocycles. The van der Waals surface area contributed by atoms with Gasteiger partial charge in [-0.15, -0.1) is 0 Å². The molecular weight excluding hydrogens is 224 g/mol. The molecule has 1 aromatic rings. The molecule has 1 N–H and O–H groups in total. The number of fused-ring (bicyclic) bond motifs is 1. The van der Waals surface area contributed by atoms with Crippen LogP contribution < -0.4 is 5.32 Å². The van der Waals surface area contributed by atoms with Crippen molar-refractivity contribution in [2.24, 2.45) is 11.3 Å². The lowest BCUT2D eigenvalue weighted by atomic mass is 10.1. The summed E-state index contributed by atoms with van der Waals surface area (Å²) in [6, 6.07) is 2.20. The fourth-order valence-electron chi connectivity index (χ4n) is 2.80. The summed E-state index contributed by atoms with van der Waals surface area (Å²) >= 11 is 0. The Kier molecular flexibility index (Phi) is 2.65. The van der Waals surface area contributed by atoms with Gasteiger partial charge in [-0.1, -0.05) is 19.9 Å². The molecule has 3 nitrogen and oxygen atoms in total. The second-order valence-corrected chi connectivity index (χ2v) is 6.27. The van der Waals surface area contributed by atoms with Crippen LogP contribution in [0.3, 0.4) is 0 Å². The molecule has 0 bridgehead atoms. The molecule has 0 radical (unpaired) electrons. The van der Waals surface area contributed by atoms with Gasteiger partial charge in [-0.3, -0.25) is 9.78 Å². The zero-order valence-electron chi connectivity index (χ0n) is 11.1. The van der Waals surface area contributed by atoms with Crippen molar-refractivity contribution in [3.63, 3.8) is 0 Å². The molecule has 1 aromatic heterocycles. The summed E-state index contributed by atoms with van der Waals surface area (Å²) in [6.07, 6.45) is 6.39. The largest absolute Gasteiger partial charge is 0.352 e. The highest BCUT2D eigenvalue weighted by Crippen LogP contribution is 2.51. The van der Waals surface area contributed by atoms with E-state index >= 15 is 0 Å². The van der Waals surface area contributed by atoms with Gasteiger partial charge in [-0.05, 0) is 42.2 Å². The Morgan fingerprint density at radius 1 is 1.50 bits per heavy atom. The number of carbonyl (C=O) groups is 1. The Morgan fingerprint density at radius 2 is 2.28 bits per heavy atom. The summed E-state index contributed by atoms with van der Waals surface area (Å²) in [5.74, 6) is 0.403. The highest BCUT2D eigenvalue weighted by atomic mass is 16.2. The van der Waals surface area contributed by atoms with Crippen molar-refractivity contribution in [3.8, 4) is 0 Å². The molecule has 1 atom stereocenters. The third kappa shape index (κ3) is 2.14. The van der Waals surface area contributed by atoms with Crippen LogP contribution in [0.15, 0.2) is 12.3 Å². The number of rotatable bonds is 3. The topological polar surface area (TPSA) is 42.0 Å². The number of carbonyl (C=O) groups excluding carboxylic acids is 1. The summed E-state index contributed by atoms with van der Waals surface area (Å²) in [4.78, 5) is 16.4. The first-order chi connectivity index (χ1) is 8.56. The Hall–Kier alpha value is -1.38. The summed E-state index contributed by atoms with van der Waals surface area (Å²) in [6.45, 7) is 4.91. The molecule has 0 aromatic carbocycles. The first-order valence-electron chi connectivity index (χ1n) is 6.81. The van der Waals surface area contributed by atoms with Gasteiger partial charge in [-0.2, -0.15) is 0 Å². The van der Waals surface area contributed by atoms with Gasteiger partial charge in [0.05, 0.1) is 0 Å². The van der Waals surface area contributed by atoms with E-state index in [1.54, 1.807) is 0 Å². The molecule has 0 saturated heterocycles. The number of pyridine rings is 1. The average Bonchev–Trinajstić information content (AvgIpc) is 2.77.